The van der Waals surface area contributed by atoms with Crippen LogP contribution in [-0.2, 0) is 23.3 Å². The van der Waals surface area contributed by atoms with Gasteiger partial charge >= 0.3 is 5.97 Å². The van der Waals surface area contributed by atoms with Gasteiger partial charge in [-0.3, -0.25) is 9.69 Å². The van der Waals surface area contributed by atoms with Gasteiger partial charge in [0.05, 0.1) is 6.61 Å². The van der Waals surface area contributed by atoms with Crippen molar-refractivity contribution in [3.63, 3.8) is 0 Å². The van der Waals surface area contributed by atoms with Crippen LogP contribution in [0.25, 0.3) is 0 Å². The molecule has 6 nitrogen and oxygen atoms in total. The molecule has 2 aromatic rings. The zero-order chi connectivity index (χ0) is 20.6. The summed E-state index contributed by atoms with van der Waals surface area (Å²) in [6, 6.07) is 9.65. The average molecular weight is 415 g/mol. The van der Waals surface area contributed by atoms with Crippen LogP contribution in [0, 0.1) is 0 Å². The van der Waals surface area contributed by atoms with Crippen molar-refractivity contribution in [2.45, 2.75) is 31.4 Å². The summed E-state index contributed by atoms with van der Waals surface area (Å²) in [6.45, 7) is 3.30. The van der Waals surface area contributed by atoms with Crippen molar-refractivity contribution in [2.75, 3.05) is 33.8 Å². The number of amides is 1. The van der Waals surface area contributed by atoms with E-state index in [1.54, 1.807) is 19.0 Å². The van der Waals surface area contributed by atoms with Gasteiger partial charge in [-0.05, 0) is 48.6 Å². The van der Waals surface area contributed by atoms with E-state index < -0.39 is 5.97 Å². The molecule has 29 heavy (non-hydrogen) atoms. The van der Waals surface area contributed by atoms with Crippen molar-refractivity contribution in [1.82, 2.24) is 9.80 Å². The van der Waals surface area contributed by atoms with Gasteiger partial charge in [0.25, 0.3) is 5.91 Å². The molecular formula is C22H26N2O4S. The Morgan fingerprint density at radius 2 is 1.90 bits per heavy atom. The minimum Gasteiger partial charge on any atom is -0.477 e. The minimum absolute atomic E-state index is 0.0124. The number of thiophene rings is 1. The van der Waals surface area contributed by atoms with Crippen molar-refractivity contribution >= 4 is 23.2 Å². The highest BCUT2D eigenvalue weighted by atomic mass is 32.1. The van der Waals surface area contributed by atoms with Gasteiger partial charge in [-0.25, -0.2) is 4.79 Å². The molecule has 1 saturated heterocycles. The number of nitrogens with zero attached hydrogens (tertiary/aromatic N) is 2. The number of carbonyl (C=O) groups is 2. The number of carboxylic acid groups (broad SMARTS) is 1. The number of carbonyl (C=O) groups excluding carboxylic acids is 1. The number of fused-ring (bicyclic) bond motifs is 2. The zero-order valence-corrected chi connectivity index (χ0v) is 17.6. The summed E-state index contributed by atoms with van der Waals surface area (Å²) in [4.78, 5) is 28.9. The smallest absolute Gasteiger partial charge is 0.345 e. The number of hydrogen-bond acceptors (Lipinski definition) is 5. The number of hydrogen-bond donors (Lipinski definition) is 1. The molecule has 7 heteroatoms. The Bertz CT molecular complexity index is 911. The summed E-state index contributed by atoms with van der Waals surface area (Å²) in [5.74, 6) is -0.841. The molecule has 4 rings (SSSR count). The fourth-order valence-electron chi connectivity index (χ4n) is 4.24. The van der Waals surface area contributed by atoms with Crippen LogP contribution in [0.3, 0.4) is 0 Å². The summed E-state index contributed by atoms with van der Waals surface area (Å²) in [6.07, 6.45) is 2.54. The molecule has 1 N–H and O–H groups in total. The van der Waals surface area contributed by atoms with Crippen LogP contribution in [0.15, 0.2) is 30.3 Å². The molecule has 0 saturated carbocycles. The molecule has 0 unspecified atom stereocenters. The number of carboxylic acids is 1. The maximum absolute atomic E-state index is 12.0. The number of ether oxygens (including phenoxy) is 1. The van der Waals surface area contributed by atoms with Crippen LogP contribution in [0.4, 0.5) is 0 Å². The van der Waals surface area contributed by atoms with E-state index in [1.165, 1.54) is 16.9 Å². The third-order valence-corrected chi connectivity index (χ3v) is 7.21. The van der Waals surface area contributed by atoms with Crippen molar-refractivity contribution in [3.8, 4) is 0 Å². The van der Waals surface area contributed by atoms with Gasteiger partial charge in [0.1, 0.15) is 10.5 Å². The second kappa shape index (κ2) is 7.89. The summed E-state index contributed by atoms with van der Waals surface area (Å²) < 4.78 is 6.24. The van der Waals surface area contributed by atoms with Gasteiger partial charge < -0.3 is 14.7 Å². The van der Waals surface area contributed by atoms with Crippen LogP contribution in [-0.4, -0.2) is 60.6 Å². The third-order valence-electron chi connectivity index (χ3n) is 5.86. The molecule has 0 atom stereocenters. The highest BCUT2D eigenvalue weighted by molar-refractivity contribution is 7.14. The number of aromatic carboxylic acids is 1. The van der Waals surface area contributed by atoms with Gasteiger partial charge in [0.2, 0.25) is 0 Å². The highest BCUT2D eigenvalue weighted by Crippen LogP contribution is 2.45. The first-order chi connectivity index (χ1) is 13.9. The topological polar surface area (TPSA) is 70.1 Å². The van der Waals surface area contributed by atoms with Crippen LogP contribution < -0.4 is 0 Å². The lowest BCUT2D eigenvalue weighted by Gasteiger charge is -2.43. The maximum Gasteiger partial charge on any atom is 0.345 e. The first kappa shape index (κ1) is 20.1. The van der Waals surface area contributed by atoms with Crippen LogP contribution >= 0.6 is 11.3 Å². The van der Waals surface area contributed by atoms with E-state index in [0.29, 0.717) is 17.0 Å². The Labute approximate surface area is 174 Å². The Balaban J connectivity index is 1.42. The average Bonchev–Trinajstić information content (AvgIpc) is 3.16. The van der Waals surface area contributed by atoms with Crippen molar-refractivity contribution in [2.24, 2.45) is 0 Å². The highest BCUT2D eigenvalue weighted by Gasteiger charge is 2.42. The van der Waals surface area contributed by atoms with E-state index in [2.05, 4.69) is 4.90 Å². The second-order valence-corrected chi connectivity index (χ2v) is 9.09. The molecule has 2 aliphatic heterocycles. The summed E-state index contributed by atoms with van der Waals surface area (Å²) in [5.41, 5.74) is 2.70. The maximum atomic E-state index is 12.0. The normalized spacial score (nSPS) is 18.4. The van der Waals surface area contributed by atoms with E-state index in [9.17, 15) is 14.7 Å². The summed E-state index contributed by atoms with van der Waals surface area (Å²) >= 11 is 1.38. The lowest BCUT2D eigenvalue weighted by atomic mass is 9.85. The van der Waals surface area contributed by atoms with Gasteiger partial charge in [-0.15, -0.1) is 11.3 Å². The minimum atomic E-state index is -0.854. The number of piperidine rings is 1. The lowest BCUT2D eigenvalue weighted by Crippen LogP contribution is -2.45. The van der Waals surface area contributed by atoms with Crippen LogP contribution in [0.1, 0.15) is 48.9 Å². The van der Waals surface area contributed by atoms with E-state index in [0.717, 1.165) is 49.3 Å². The predicted molar refractivity (Wildman–Crippen MR) is 112 cm³/mol. The van der Waals surface area contributed by atoms with Gasteiger partial charge in [0.15, 0.2) is 0 Å². The standard InChI is InChI=1S/C22H26N2O4S/c1-23(2)20(25)16-5-3-15(4-6-16)14-24-10-8-22(9-11-24)19-17(7-12-28-22)13-18(29-19)21(26)27/h3-6,13H,7-12,14H2,1-2H3,(H,26,27). The Morgan fingerprint density at radius 3 is 2.52 bits per heavy atom. The van der Waals surface area contributed by atoms with Crippen LogP contribution in [0.5, 0.6) is 0 Å². The Morgan fingerprint density at radius 1 is 1.21 bits per heavy atom. The second-order valence-electron chi connectivity index (χ2n) is 8.04. The first-order valence-corrected chi connectivity index (χ1v) is 10.7. The molecule has 154 valence electrons. The molecule has 2 aliphatic rings. The monoisotopic (exact) mass is 414 g/mol. The molecule has 0 radical (unpaired) electrons. The molecule has 1 amide bonds. The fourth-order valence-corrected chi connectivity index (χ4v) is 5.49. The van der Waals surface area contributed by atoms with Crippen molar-refractivity contribution in [1.29, 1.82) is 0 Å². The van der Waals surface area contributed by atoms with Gasteiger partial charge in [-0.1, -0.05) is 12.1 Å². The molecule has 0 bridgehead atoms. The molecular weight excluding hydrogens is 388 g/mol. The molecule has 1 fully saturated rings. The Hall–Kier alpha value is -2.22. The van der Waals surface area contributed by atoms with Gasteiger partial charge in [-0.2, -0.15) is 0 Å². The Kier molecular flexibility index (Phi) is 5.46. The molecule has 1 aromatic carbocycles. The number of rotatable bonds is 4. The van der Waals surface area contributed by atoms with E-state index in [-0.39, 0.29) is 11.5 Å². The number of benzene rings is 1. The zero-order valence-electron chi connectivity index (χ0n) is 16.8. The predicted octanol–water partition coefficient (Wildman–Crippen LogP) is 3.21. The van der Waals surface area contributed by atoms with Crippen LogP contribution in [0.2, 0.25) is 0 Å². The first-order valence-electron chi connectivity index (χ1n) is 9.91. The third kappa shape index (κ3) is 3.95. The fraction of sp³-hybridized carbons (Fsp3) is 0.455. The van der Waals surface area contributed by atoms with E-state index >= 15 is 0 Å². The summed E-state index contributed by atoms with van der Waals surface area (Å²) in [5, 5.41) is 9.35. The van der Waals surface area contributed by atoms with E-state index in [4.69, 9.17) is 4.74 Å². The van der Waals surface area contributed by atoms with Crippen molar-refractivity contribution < 1.29 is 19.4 Å². The quantitative estimate of drug-likeness (QED) is 0.832. The molecule has 0 aliphatic carbocycles. The largest absolute Gasteiger partial charge is 0.477 e. The SMILES string of the molecule is CN(C)C(=O)c1ccc(CN2CCC3(CC2)OCCc2cc(C(=O)O)sc23)cc1. The lowest BCUT2D eigenvalue weighted by molar-refractivity contribution is -0.0960. The molecule has 1 aromatic heterocycles. The molecule has 3 heterocycles. The van der Waals surface area contributed by atoms with Gasteiger partial charge in [0, 0.05) is 44.2 Å². The number of likely N-dealkylation sites (tertiary alicyclic amines) is 1. The summed E-state index contributed by atoms with van der Waals surface area (Å²) in [7, 11) is 3.51. The molecule has 1 spiro atoms. The van der Waals surface area contributed by atoms with E-state index in [1.807, 2.05) is 30.3 Å². The van der Waals surface area contributed by atoms with Crippen molar-refractivity contribution in [3.05, 3.63) is 56.8 Å².